The lowest BCUT2D eigenvalue weighted by molar-refractivity contribution is 1.09. The van der Waals surface area contributed by atoms with Gasteiger partial charge in [-0.3, -0.25) is 4.40 Å². The van der Waals surface area contributed by atoms with Crippen molar-refractivity contribution in [1.82, 2.24) is 19.6 Å². The smallest absolute Gasteiger partial charge is 0.173 e. The summed E-state index contributed by atoms with van der Waals surface area (Å²) in [7, 11) is 0. The zero-order chi connectivity index (χ0) is 18.5. The highest BCUT2D eigenvalue weighted by molar-refractivity contribution is 7.17. The number of hydrogen-bond acceptors (Lipinski definition) is 4. The zero-order valence-corrected chi connectivity index (χ0v) is 16.2. The molecule has 5 aromatic rings. The first-order valence-corrected chi connectivity index (χ1v) is 9.75. The molecule has 0 aliphatic rings. The number of benzene rings is 2. The zero-order valence-electron chi connectivity index (χ0n) is 15.4. The largest absolute Gasteiger partial charge is 0.265 e. The van der Waals surface area contributed by atoms with Gasteiger partial charge in [-0.2, -0.15) is 0 Å². The molecule has 132 valence electrons. The quantitative estimate of drug-likeness (QED) is 0.406. The SMILES string of the molecule is Cc1ccc(-c2nnc3c4c(-c5ccc(C)c(C)c5)csc4ncn23)cc1. The molecule has 0 aliphatic heterocycles. The molecule has 3 aromatic heterocycles. The highest BCUT2D eigenvalue weighted by Crippen LogP contribution is 2.36. The van der Waals surface area contributed by atoms with Gasteiger partial charge in [0, 0.05) is 16.5 Å². The van der Waals surface area contributed by atoms with Crippen LogP contribution >= 0.6 is 11.3 Å². The summed E-state index contributed by atoms with van der Waals surface area (Å²) in [6, 6.07) is 14.9. The van der Waals surface area contributed by atoms with E-state index in [9.17, 15) is 0 Å². The van der Waals surface area contributed by atoms with Crippen molar-refractivity contribution in [1.29, 1.82) is 0 Å². The molecule has 0 unspecified atom stereocenters. The van der Waals surface area contributed by atoms with Crippen LogP contribution in [0.1, 0.15) is 16.7 Å². The van der Waals surface area contributed by atoms with Crippen LogP contribution in [0, 0.1) is 20.8 Å². The van der Waals surface area contributed by atoms with Crippen molar-refractivity contribution in [2.24, 2.45) is 0 Å². The third-order valence-corrected chi connectivity index (χ3v) is 6.00. The van der Waals surface area contributed by atoms with Gasteiger partial charge < -0.3 is 0 Å². The van der Waals surface area contributed by atoms with E-state index in [4.69, 9.17) is 0 Å². The van der Waals surface area contributed by atoms with Crippen LogP contribution in [0.5, 0.6) is 0 Å². The Hall–Kier alpha value is -3.05. The molecule has 27 heavy (non-hydrogen) atoms. The number of thiophene rings is 1. The topological polar surface area (TPSA) is 43.1 Å². The van der Waals surface area contributed by atoms with E-state index in [2.05, 4.69) is 83.8 Å². The fourth-order valence-corrected chi connectivity index (χ4v) is 4.27. The van der Waals surface area contributed by atoms with Crippen LogP contribution in [0.4, 0.5) is 0 Å². The normalized spacial score (nSPS) is 11.5. The monoisotopic (exact) mass is 370 g/mol. The van der Waals surface area contributed by atoms with E-state index in [-0.39, 0.29) is 0 Å². The number of fused-ring (bicyclic) bond motifs is 3. The van der Waals surface area contributed by atoms with Crippen LogP contribution in [-0.4, -0.2) is 19.6 Å². The first-order valence-electron chi connectivity index (χ1n) is 8.87. The lowest BCUT2D eigenvalue weighted by Crippen LogP contribution is -1.92. The maximum atomic E-state index is 4.67. The number of aromatic nitrogens is 4. The highest BCUT2D eigenvalue weighted by atomic mass is 32.1. The van der Waals surface area contributed by atoms with Crippen LogP contribution in [0.3, 0.4) is 0 Å². The second-order valence-corrected chi connectivity index (χ2v) is 7.81. The molecule has 0 spiro atoms. The molecule has 0 bridgehead atoms. The predicted octanol–water partition coefficient (Wildman–Crippen LogP) is 5.60. The highest BCUT2D eigenvalue weighted by Gasteiger charge is 2.16. The summed E-state index contributed by atoms with van der Waals surface area (Å²) < 4.78 is 1.99. The van der Waals surface area contributed by atoms with E-state index in [0.717, 1.165) is 27.3 Å². The molecule has 0 radical (unpaired) electrons. The lowest BCUT2D eigenvalue weighted by Gasteiger charge is -2.05. The van der Waals surface area contributed by atoms with E-state index in [1.54, 1.807) is 11.3 Å². The standard InChI is InChI=1S/C22H18N4S/c1-13-4-7-16(8-5-13)20-24-25-21-19-18(11-27-22(19)23-12-26(20)21)17-9-6-14(2)15(3)10-17/h4-12H,1-3H3. The fourth-order valence-electron chi connectivity index (χ4n) is 3.36. The van der Waals surface area contributed by atoms with Crippen LogP contribution in [0.2, 0.25) is 0 Å². The maximum Gasteiger partial charge on any atom is 0.173 e. The van der Waals surface area contributed by atoms with Gasteiger partial charge in [-0.15, -0.1) is 21.5 Å². The first kappa shape index (κ1) is 16.1. The maximum absolute atomic E-state index is 4.67. The molecule has 5 heteroatoms. The molecule has 5 rings (SSSR count). The van der Waals surface area contributed by atoms with Crippen molar-refractivity contribution >= 4 is 27.2 Å². The molecular formula is C22H18N4S. The Bertz CT molecular complexity index is 1300. The molecular weight excluding hydrogens is 352 g/mol. The van der Waals surface area contributed by atoms with Crippen LogP contribution < -0.4 is 0 Å². The summed E-state index contributed by atoms with van der Waals surface area (Å²) in [6.45, 7) is 6.36. The third-order valence-electron chi connectivity index (χ3n) is 5.11. The van der Waals surface area contributed by atoms with Crippen molar-refractivity contribution in [3.05, 3.63) is 70.9 Å². The molecule has 3 heterocycles. The summed E-state index contributed by atoms with van der Waals surface area (Å²) in [5.41, 5.74) is 8.06. The minimum Gasteiger partial charge on any atom is -0.265 e. The number of hydrogen-bond donors (Lipinski definition) is 0. The number of nitrogens with zero attached hydrogens (tertiary/aromatic N) is 4. The summed E-state index contributed by atoms with van der Waals surface area (Å²) in [5.74, 6) is 0.816. The molecule has 0 aliphatic carbocycles. The van der Waals surface area contributed by atoms with Gasteiger partial charge in [0.2, 0.25) is 0 Å². The number of aryl methyl sites for hydroxylation is 3. The van der Waals surface area contributed by atoms with Gasteiger partial charge in [0.05, 0.1) is 5.39 Å². The Balaban J connectivity index is 1.76. The second kappa shape index (κ2) is 5.99. The minimum atomic E-state index is 0.816. The first-order chi connectivity index (χ1) is 13.1. The Morgan fingerprint density at radius 1 is 0.852 bits per heavy atom. The Labute approximate surface area is 161 Å². The molecule has 0 N–H and O–H groups in total. The van der Waals surface area contributed by atoms with Crippen LogP contribution in [-0.2, 0) is 0 Å². The van der Waals surface area contributed by atoms with Crippen molar-refractivity contribution in [2.75, 3.05) is 0 Å². The van der Waals surface area contributed by atoms with Gasteiger partial charge in [-0.1, -0.05) is 48.0 Å². The van der Waals surface area contributed by atoms with Crippen molar-refractivity contribution in [2.45, 2.75) is 20.8 Å². The van der Waals surface area contributed by atoms with Gasteiger partial charge in [0.25, 0.3) is 0 Å². The molecule has 0 atom stereocenters. The van der Waals surface area contributed by atoms with E-state index in [0.29, 0.717) is 0 Å². The van der Waals surface area contributed by atoms with Gasteiger partial charge in [-0.05, 0) is 37.5 Å². The Kier molecular flexibility index (Phi) is 3.58. The second-order valence-electron chi connectivity index (χ2n) is 6.96. The van der Waals surface area contributed by atoms with E-state index in [1.165, 1.54) is 27.8 Å². The minimum absolute atomic E-state index is 0.816. The fraction of sp³-hybridized carbons (Fsp3) is 0.136. The summed E-state index contributed by atoms with van der Waals surface area (Å²) in [6.07, 6.45) is 1.83. The molecule has 0 saturated carbocycles. The predicted molar refractivity (Wildman–Crippen MR) is 111 cm³/mol. The van der Waals surface area contributed by atoms with E-state index >= 15 is 0 Å². The Morgan fingerprint density at radius 3 is 2.41 bits per heavy atom. The molecule has 0 saturated heterocycles. The van der Waals surface area contributed by atoms with Crippen LogP contribution in [0.25, 0.3) is 38.4 Å². The van der Waals surface area contributed by atoms with Crippen molar-refractivity contribution in [3.63, 3.8) is 0 Å². The molecule has 0 amide bonds. The Morgan fingerprint density at radius 2 is 1.63 bits per heavy atom. The average Bonchev–Trinajstić information content (AvgIpc) is 3.28. The van der Waals surface area contributed by atoms with Gasteiger partial charge in [0.15, 0.2) is 11.5 Å². The number of rotatable bonds is 2. The molecule has 2 aromatic carbocycles. The van der Waals surface area contributed by atoms with Crippen molar-refractivity contribution < 1.29 is 0 Å². The van der Waals surface area contributed by atoms with E-state index < -0.39 is 0 Å². The molecule has 0 fully saturated rings. The van der Waals surface area contributed by atoms with Gasteiger partial charge in [-0.25, -0.2) is 4.98 Å². The van der Waals surface area contributed by atoms with Gasteiger partial charge >= 0.3 is 0 Å². The van der Waals surface area contributed by atoms with E-state index in [1.807, 2.05) is 10.7 Å². The average molecular weight is 370 g/mol. The van der Waals surface area contributed by atoms with Crippen LogP contribution in [0.15, 0.2) is 54.2 Å². The van der Waals surface area contributed by atoms with Gasteiger partial charge in [0.1, 0.15) is 11.2 Å². The third kappa shape index (κ3) is 2.54. The molecule has 4 nitrogen and oxygen atoms in total. The lowest BCUT2D eigenvalue weighted by atomic mass is 10.0. The summed E-state index contributed by atoms with van der Waals surface area (Å²) in [4.78, 5) is 5.66. The summed E-state index contributed by atoms with van der Waals surface area (Å²) >= 11 is 1.65. The van der Waals surface area contributed by atoms with Crippen molar-refractivity contribution in [3.8, 4) is 22.5 Å². The summed E-state index contributed by atoms with van der Waals surface area (Å²) in [5, 5.41) is 12.2.